The standard InChI is InChI=1S/C19H23NO/c1-14(20-2)17-6-4-8-19(12-17)21-13-15-9-10-16-5-3-7-18(16)11-15/h4,6,8-12,14,20H,3,5,7,13H2,1-2H3. The van der Waals surface area contributed by atoms with Crippen molar-refractivity contribution in [1.29, 1.82) is 0 Å². The second-order valence-corrected chi connectivity index (χ2v) is 5.83. The summed E-state index contributed by atoms with van der Waals surface area (Å²) >= 11 is 0. The van der Waals surface area contributed by atoms with E-state index in [0.29, 0.717) is 12.6 Å². The number of rotatable bonds is 5. The van der Waals surface area contributed by atoms with Crippen LogP contribution in [0, 0.1) is 0 Å². The van der Waals surface area contributed by atoms with E-state index in [-0.39, 0.29) is 0 Å². The summed E-state index contributed by atoms with van der Waals surface area (Å²) in [6.45, 7) is 2.80. The van der Waals surface area contributed by atoms with Crippen LogP contribution in [0.1, 0.15) is 41.6 Å². The zero-order valence-corrected chi connectivity index (χ0v) is 12.9. The molecule has 0 saturated heterocycles. The van der Waals surface area contributed by atoms with E-state index in [1.807, 2.05) is 13.1 Å². The van der Waals surface area contributed by atoms with Gasteiger partial charge >= 0.3 is 0 Å². The molecule has 0 radical (unpaired) electrons. The van der Waals surface area contributed by atoms with Crippen molar-refractivity contribution < 1.29 is 4.74 Å². The van der Waals surface area contributed by atoms with Crippen molar-refractivity contribution in [3.63, 3.8) is 0 Å². The van der Waals surface area contributed by atoms with E-state index in [1.54, 1.807) is 0 Å². The molecule has 1 aliphatic carbocycles. The quantitative estimate of drug-likeness (QED) is 0.893. The van der Waals surface area contributed by atoms with Gasteiger partial charge in [0.25, 0.3) is 0 Å². The van der Waals surface area contributed by atoms with Gasteiger partial charge in [0.1, 0.15) is 12.4 Å². The number of hydrogen-bond acceptors (Lipinski definition) is 2. The predicted octanol–water partition coefficient (Wildman–Crippen LogP) is 4.03. The van der Waals surface area contributed by atoms with Gasteiger partial charge in [-0.2, -0.15) is 0 Å². The van der Waals surface area contributed by atoms with Crippen molar-refractivity contribution in [3.8, 4) is 5.75 Å². The number of hydrogen-bond donors (Lipinski definition) is 1. The summed E-state index contributed by atoms with van der Waals surface area (Å²) in [5.74, 6) is 0.940. The highest BCUT2D eigenvalue weighted by molar-refractivity contribution is 5.36. The minimum atomic E-state index is 0.341. The molecule has 1 unspecified atom stereocenters. The van der Waals surface area contributed by atoms with Crippen molar-refractivity contribution >= 4 is 0 Å². The molecule has 2 heteroatoms. The normalized spacial score (nSPS) is 14.8. The maximum absolute atomic E-state index is 5.96. The summed E-state index contributed by atoms with van der Waals surface area (Å²) in [5.41, 5.74) is 5.55. The molecule has 1 N–H and O–H groups in total. The summed E-state index contributed by atoms with van der Waals surface area (Å²) in [5, 5.41) is 3.25. The van der Waals surface area contributed by atoms with Gasteiger partial charge in [-0.15, -0.1) is 0 Å². The number of aryl methyl sites for hydroxylation is 2. The first kappa shape index (κ1) is 14.2. The number of ether oxygens (including phenoxy) is 1. The Hall–Kier alpha value is -1.80. The highest BCUT2D eigenvalue weighted by Crippen LogP contribution is 2.24. The first-order valence-electron chi connectivity index (χ1n) is 7.77. The van der Waals surface area contributed by atoms with Crippen LogP contribution in [0.25, 0.3) is 0 Å². The second kappa shape index (κ2) is 6.31. The smallest absolute Gasteiger partial charge is 0.120 e. The summed E-state index contributed by atoms with van der Waals surface area (Å²) < 4.78 is 5.96. The minimum absolute atomic E-state index is 0.341. The Kier molecular flexibility index (Phi) is 4.26. The Balaban J connectivity index is 1.67. The SMILES string of the molecule is CNC(C)c1cccc(OCc2ccc3c(c2)CCC3)c1. The van der Waals surface area contributed by atoms with Crippen LogP contribution in [0.15, 0.2) is 42.5 Å². The second-order valence-electron chi connectivity index (χ2n) is 5.83. The van der Waals surface area contributed by atoms with Crippen LogP contribution >= 0.6 is 0 Å². The highest BCUT2D eigenvalue weighted by atomic mass is 16.5. The molecule has 0 aromatic heterocycles. The van der Waals surface area contributed by atoms with Crippen molar-refractivity contribution in [2.24, 2.45) is 0 Å². The summed E-state index contributed by atoms with van der Waals surface area (Å²) in [4.78, 5) is 0. The Morgan fingerprint density at radius 1 is 1.10 bits per heavy atom. The van der Waals surface area contributed by atoms with E-state index in [2.05, 4.69) is 48.6 Å². The zero-order chi connectivity index (χ0) is 14.7. The summed E-state index contributed by atoms with van der Waals surface area (Å²) in [6, 6.07) is 15.4. The molecule has 3 rings (SSSR count). The molecule has 2 nitrogen and oxygen atoms in total. The molecule has 21 heavy (non-hydrogen) atoms. The molecule has 0 heterocycles. The topological polar surface area (TPSA) is 21.3 Å². The molecular weight excluding hydrogens is 258 g/mol. The van der Waals surface area contributed by atoms with E-state index in [1.165, 1.54) is 41.5 Å². The molecule has 0 aliphatic heterocycles. The number of benzene rings is 2. The maximum atomic E-state index is 5.96. The van der Waals surface area contributed by atoms with E-state index in [4.69, 9.17) is 4.74 Å². The van der Waals surface area contributed by atoms with Gasteiger partial charge in [0, 0.05) is 6.04 Å². The summed E-state index contributed by atoms with van der Waals surface area (Å²) in [6.07, 6.45) is 3.75. The molecular formula is C19H23NO. The number of fused-ring (bicyclic) bond motifs is 1. The van der Waals surface area contributed by atoms with Crippen molar-refractivity contribution in [3.05, 3.63) is 64.7 Å². The van der Waals surface area contributed by atoms with E-state index >= 15 is 0 Å². The van der Waals surface area contributed by atoms with Gasteiger partial charge in [-0.25, -0.2) is 0 Å². The van der Waals surface area contributed by atoms with Gasteiger partial charge in [-0.05, 0) is 67.6 Å². The molecule has 2 aromatic carbocycles. The monoisotopic (exact) mass is 281 g/mol. The fourth-order valence-electron chi connectivity index (χ4n) is 2.92. The molecule has 2 aromatic rings. The molecule has 0 saturated carbocycles. The fourth-order valence-corrected chi connectivity index (χ4v) is 2.92. The first-order chi connectivity index (χ1) is 10.3. The van der Waals surface area contributed by atoms with Crippen LogP contribution in [0.4, 0.5) is 0 Å². The maximum Gasteiger partial charge on any atom is 0.120 e. The summed E-state index contributed by atoms with van der Waals surface area (Å²) in [7, 11) is 1.97. The Morgan fingerprint density at radius 2 is 1.95 bits per heavy atom. The lowest BCUT2D eigenvalue weighted by Crippen LogP contribution is -2.12. The van der Waals surface area contributed by atoms with Crippen LogP contribution in [-0.2, 0) is 19.4 Å². The van der Waals surface area contributed by atoms with Gasteiger partial charge in [0.2, 0.25) is 0 Å². The van der Waals surface area contributed by atoms with Crippen LogP contribution in [0.2, 0.25) is 0 Å². The Labute approximate surface area is 127 Å². The van der Waals surface area contributed by atoms with Crippen LogP contribution in [0.3, 0.4) is 0 Å². The van der Waals surface area contributed by atoms with E-state index in [9.17, 15) is 0 Å². The van der Waals surface area contributed by atoms with Crippen LogP contribution < -0.4 is 10.1 Å². The lowest BCUT2D eigenvalue weighted by molar-refractivity contribution is 0.305. The van der Waals surface area contributed by atoms with Crippen molar-refractivity contribution in [1.82, 2.24) is 5.32 Å². The van der Waals surface area contributed by atoms with Crippen molar-refractivity contribution in [2.45, 2.75) is 38.8 Å². The largest absolute Gasteiger partial charge is 0.489 e. The lowest BCUT2D eigenvalue weighted by atomic mass is 10.1. The van der Waals surface area contributed by atoms with Gasteiger partial charge < -0.3 is 10.1 Å². The Bertz CT molecular complexity index is 621. The third-order valence-electron chi connectivity index (χ3n) is 4.36. The molecule has 0 spiro atoms. The minimum Gasteiger partial charge on any atom is -0.489 e. The lowest BCUT2D eigenvalue weighted by Gasteiger charge is -2.13. The molecule has 110 valence electrons. The molecule has 0 bridgehead atoms. The third kappa shape index (κ3) is 3.27. The van der Waals surface area contributed by atoms with E-state index in [0.717, 1.165) is 5.75 Å². The first-order valence-corrected chi connectivity index (χ1v) is 7.77. The zero-order valence-electron chi connectivity index (χ0n) is 12.9. The average molecular weight is 281 g/mol. The average Bonchev–Trinajstić information content (AvgIpc) is 3.00. The van der Waals surface area contributed by atoms with Gasteiger partial charge in [0.05, 0.1) is 0 Å². The van der Waals surface area contributed by atoms with Gasteiger partial charge in [-0.3, -0.25) is 0 Å². The van der Waals surface area contributed by atoms with Crippen LogP contribution in [0.5, 0.6) is 5.75 Å². The number of nitrogens with one attached hydrogen (secondary N) is 1. The molecule has 0 amide bonds. The third-order valence-corrected chi connectivity index (χ3v) is 4.36. The van der Waals surface area contributed by atoms with Crippen LogP contribution in [-0.4, -0.2) is 7.05 Å². The Morgan fingerprint density at radius 3 is 2.81 bits per heavy atom. The predicted molar refractivity (Wildman–Crippen MR) is 86.7 cm³/mol. The molecule has 0 fully saturated rings. The molecule has 1 aliphatic rings. The van der Waals surface area contributed by atoms with E-state index < -0.39 is 0 Å². The highest BCUT2D eigenvalue weighted by Gasteiger charge is 2.11. The van der Waals surface area contributed by atoms with Gasteiger partial charge in [0.15, 0.2) is 0 Å². The fraction of sp³-hybridized carbons (Fsp3) is 0.368. The van der Waals surface area contributed by atoms with Crippen molar-refractivity contribution in [2.75, 3.05) is 7.05 Å². The molecule has 1 atom stereocenters. The van der Waals surface area contributed by atoms with Gasteiger partial charge in [-0.1, -0.05) is 30.3 Å².